The Morgan fingerprint density at radius 3 is 2.93 bits per heavy atom. The summed E-state index contributed by atoms with van der Waals surface area (Å²) in [4.78, 5) is 1.02. The summed E-state index contributed by atoms with van der Waals surface area (Å²) in [5.74, 6) is 0.891. The third-order valence-corrected chi connectivity index (χ3v) is 3.47. The van der Waals surface area contributed by atoms with Crippen LogP contribution in [-0.4, -0.2) is 0 Å². The molecule has 2 rings (SSSR count). The predicted octanol–water partition coefficient (Wildman–Crippen LogP) is 3.24. The fourth-order valence-electron chi connectivity index (χ4n) is 1.31. The van der Waals surface area contributed by atoms with Crippen LogP contribution < -0.4 is 5.73 Å². The predicted molar refractivity (Wildman–Crippen MR) is 58.7 cm³/mol. The van der Waals surface area contributed by atoms with Crippen molar-refractivity contribution in [3.8, 4) is 0 Å². The molecule has 0 aromatic carbocycles. The summed E-state index contributed by atoms with van der Waals surface area (Å²) < 4.78 is 5.22. The molecule has 14 heavy (non-hydrogen) atoms. The first kappa shape index (κ1) is 9.77. The van der Waals surface area contributed by atoms with Crippen LogP contribution in [0.4, 0.5) is 0 Å². The molecule has 0 aliphatic rings. The van der Waals surface area contributed by atoms with Crippen molar-refractivity contribution in [2.45, 2.75) is 12.5 Å². The largest absolute Gasteiger partial charge is 0.469 e. The lowest BCUT2D eigenvalue weighted by atomic mass is 10.1. The van der Waals surface area contributed by atoms with Gasteiger partial charge in [0.05, 0.1) is 11.3 Å². The number of thiophene rings is 1. The maximum absolute atomic E-state index is 6.00. The molecule has 74 valence electrons. The Balaban J connectivity index is 2.10. The van der Waals surface area contributed by atoms with Gasteiger partial charge in [-0.3, -0.25) is 0 Å². The minimum atomic E-state index is -0.0753. The van der Waals surface area contributed by atoms with Gasteiger partial charge in [-0.05, 0) is 23.6 Å². The highest BCUT2D eigenvalue weighted by atomic mass is 35.5. The van der Waals surface area contributed by atoms with E-state index in [9.17, 15) is 0 Å². The summed E-state index contributed by atoms with van der Waals surface area (Å²) >= 11 is 7.56. The second-order valence-corrected chi connectivity index (χ2v) is 4.38. The number of nitrogens with two attached hydrogens (primary N) is 1. The maximum atomic E-state index is 6.00. The molecule has 0 fully saturated rings. The molecule has 1 atom stereocenters. The van der Waals surface area contributed by atoms with Gasteiger partial charge >= 0.3 is 0 Å². The van der Waals surface area contributed by atoms with Crippen molar-refractivity contribution in [1.82, 2.24) is 0 Å². The van der Waals surface area contributed by atoms with E-state index in [1.54, 1.807) is 17.6 Å². The van der Waals surface area contributed by atoms with E-state index in [4.69, 9.17) is 21.8 Å². The van der Waals surface area contributed by atoms with E-state index in [-0.39, 0.29) is 6.04 Å². The lowest BCUT2D eigenvalue weighted by Gasteiger charge is -2.07. The smallest absolute Gasteiger partial charge is 0.105 e. The number of halogens is 1. The van der Waals surface area contributed by atoms with Gasteiger partial charge in [-0.15, -0.1) is 11.3 Å². The lowest BCUT2D eigenvalue weighted by molar-refractivity contribution is 0.490. The lowest BCUT2D eigenvalue weighted by Crippen LogP contribution is -2.11. The van der Waals surface area contributed by atoms with Crippen LogP contribution in [0.3, 0.4) is 0 Å². The summed E-state index contributed by atoms with van der Waals surface area (Å²) in [7, 11) is 0. The van der Waals surface area contributed by atoms with Gasteiger partial charge in [0.15, 0.2) is 0 Å². The van der Waals surface area contributed by atoms with E-state index in [1.165, 1.54) is 0 Å². The van der Waals surface area contributed by atoms with Crippen LogP contribution in [0.15, 0.2) is 34.3 Å². The molecule has 2 heterocycles. The van der Waals surface area contributed by atoms with Crippen LogP contribution in [-0.2, 0) is 6.42 Å². The average molecular weight is 228 g/mol. The highest BCUT2D eigenvalue weighted by Gasteiger charge is 2.13. The van der Waals surface area contributed by atoms with Crippen LogP contribution in [0.25, 0.3) is 0 Å². The Hall–Kier alpha value is -0.770. The SMILES string of the molecule is NC(Cc1ccco1)c1sccc1Cl. The first-order valence-corrected chi connectivity index (χ1v) is 5.54. The molecular weight excluding hydrogens is 218 g/mol. The molecule has 0 spiro atoms. The zero-order valence-corrected chi connectivity index (χ0v) is 9.02. The summed E-state index contributed by atoms with van der Waals surface area (Å²) in [6.45, 7) is 0. The minimum absolute atomic E-state index is 0.0753. The molecule has 4 heteroatoms. The van der Waals surface area contributed by atoms with Crippen molar-refractivity contribution in [3.05, 3.63) is 45.5 Å². The van der Waals surface area contributed by atoms with E-state index >= 15 is 0 Å². The Bertz CT molecular complexity index is 396. The van der Waals surface area contributed by atoms with Gasteiger partial charge in [-0.25, -0.2) is 0 Å². The first-order valence-electron chi connectivity index (χ1n) is 4.28. The third kappa shape index (κ3) is 2.00. The molecule has 2 nitrogen and oxygen atoms in total. The monoisotopic (exact) mass is 227 g/mol. The Kier molecular flexibility index (Phi) is 2.91. The fraction of sp³-hybridized carbons (Fsp3) is 0.200. The van der Waals surface area contributed by atoms with Crippen molar-refractivity contribution in [2.24, 2.45) is 5.73 Å². The van der Waals surface area contributed by atoms with Crippen LogP contribution in [0.5, 0.6) is 0 Å². The van der Waals surface area contributed by atoms with E-state index < -0.39 is 0 Å². The van der Waals surface area contributed by atoms with Crippen molar-refractivity contribution in [1.29, 1.82) is 0 Å². The Morgan fingerprint density at radius 2 is 2.36 bits per heavy atom. The molecule has 0 saturated carbocycles. The van der Waals surface area contributed by atoms with Crippen molar-refractivity contribution in [2.75, 3.05) is 0 Å². The summed E-state index contributed by atoms with van der Waals surface area (Å²) in [5.41, 5.74) is 6.00. The normalized spacial score (nSPS) is 13.0. The molecule has 0 bridgehead atoms. The van der Waals surface area contributed by atoms with E-state index in [0.29, 0.717) is 6.42 Å². The minimum Gasteiger partial charge on any atom is -0.469 e. The van der Waals surface area contributed by atoms with Gasteiger partial charge in [0.1, 0.15) is 5.76 Å². The molecule has 0 aliphatic heterocycles. The van der Waals surface area contributed by atoms with Gasteiger partial charge in [0.25, 0.3) is 0 Å². The Morgan fingerprint density at radius 1 is 1.50 bits per heavy atom. The van der Waals surface area contributed by atoms with Crippen molar-refractivity contribution < 1.29 is 4.42 Å². The van der Waals surface area contributed by atoms with Crippen molar-refractivity contribution in [3.63, 3.8) is 0 Å². The topological polar surface area (TPSA) is 39.2 Å². The van der Waals surface area contributed by atoms with Gasteiger partial charge in [-0.2, -0.15) is 0 Å². The van der Waals surface area contributed by atoms with Gasteiger partial charge in [0, 0.05) is 17.3 Å². The average Bonchev–Trinajstić information content (AvgIpc) is 2.75. The standard InChI is InChI=1S/C10H10ClNOS/c11-8-3-5-14-10(8)9(12)6-7-2-1-4-13-7/h1-5,9H,6,12H2. The van der Waals surface area contributed by atoms with Crippen LogP contribution in [0.2, 0.25) is 5.02 Å². The molecule has 0 radical (unpaired) electrons. The van der Waals surface area contributed by atoms with Crippen LogP contribution >= 0.6 is 22.9 Å². The molecule has 2 aromatic heterocycles. The summed E-state index contributed by atoms with van der Waals surface area (Å²) in [6, 6.07) is 5.57. The summed E-state index contributed by atoms with van der Waals surface area (Å²) in [6.07, 6.45) is 2.34. The molecular formula is C10H10ClNOS. The number of furan rings is 1. The maximum Gasteiger partial charge on any atom is 0.105 e. The fourth-order valence-corrected chi connectivity index (χ4v) is 2.51. The second-order valence-electron chi connectivity index (χ2n) is 3.02. The Labute approximate surface area is 91.3 Å². The molecule has 1 unspecified atom stereocenters. The zero-order valence-electron chi connectivity index (χ0n) is 7.44. The molecule has 0 amide bonds. The van der Waals surface area contributed by atoms with Crippen molar-refractivity contribution >= 4 is 22.9 Å². The number of rotatable bonds is 3. The van der Waals surface area contributed by atoms with Gasteiger partial charge in [-0.1, -0.05) is 11.6 Å². The van der Waals surface area contributed by atoms with E-state index in [0.717, 1.165) is 15.7 Å². The highest BCUT2D eigenvalue weighted by molar-refractivity contribution is 7.10. The van der Waals surface area contributed by atoms with Crippen LogP contribution in [0, 0.1) is 0 Å². The highest BCUT2D eigenvalue weighted by Crippen LogP contribution is 2.29. The van der Waals surface area contributed by atoms with Crippen LogP contribution in [0.1, 0.15) is 16.7 Å². The molecule has 0 saturated heterocycles. The second kappa shape index (κ2) is 4.17. The number of hydrogen-bond donors (Lipinski definition) is 1. The van der Waals surface area contributed by atoms with E-state index in [1.807, 2.05) is 23.6 Å². The van der Waals surface area contributed by atoms with Gasteiger partial charge < -0.3 is 10.2 Å². The zero-order chi connectivity index (χ0) is 9.97. The molecule has 0 aliphatic carbocycles. The van der Waals surface area contributed by atoms with Gasteiger partial charge in [0.2, 0.25) is 0 Å². The van der Waals surface area contributed by atoms with E-state index in [2.05, 4.69) is 0 Å². The quantitative estimate of drug-likeness (QED) is 0.875. The summed E-state index contributed by atoms with van der Waals surface area (Å²) in [5, 5.41) is 2.69. The molecule has 2 N–H and O–H groups in total. The number of hydrogen-bond acceptors (Lipinski definition) is 3. The third-order valence-electron chi connectivity index (χ3n) is 1.98. The first-order chi connectivity index (χ1) is 6.77. The molecule has 2 aromatic rings.